The number of methoxy groups -OCH3 is 3. The van der Waals surface area contributed by atoms with Gasteiger partial charge in [0.15, 0.2) is 11.5 Å². The van der Waals surface area contributed by atoms with E-state index in [-0.39, 0.29) is 24.6 Å². The summed E-state index contributed by atoms with van der Waals surface area (Å²) >= 11 is 0. The van der Waals surface area contributed by atoms with Crippen molar-refractivity contribution in [2.75, 3.05) is 32.0 Å². The molecule has 0 aliphatic heterocycles. The molecule has 3 aromatic carbocycles. The lowest BCUT2D eigenvalue weighted by Crippen LogP contribution is -2.30. The highest BCUT2D eigenvalue weighted by Gasteiger charge is 2.14. The van der Waals surface area contributed by atoms with Crippen LogP contribution in [-0.2, 0) is 17.9 Å². The number of nitrogens with zero attached hydrogens (tertiary/aromatic N) is 1. The highest BCUT2D eigenvalue weighted by Crippen LogP contribution is 2.30. The number of carbonyl (C=O) groups excluding carboxylic acids is 1. The van der Waals surface area contributed by atoms with Gasteiger partial charge in [-0.05, 0) is 66.4 Å². The van der Waals surface area contributed by atoms with Gasteiger partial charge in [-0.25, -0.2) is 0 Å². The van der Waals surface area contributed by atoms with Crippen LogP contribution in [0, 0.1) is 6.92 Å². The van der Waals surface area contributed by atoms with E-state index in [1.54, 1.807) is 51.7 Å². The molecular weight excluding hydrogens is 458 g/mol. The average Bonchev–Trinajstić information content (AvgIpc) is 2.89. The van der Waals surface area contributed by atoms with Crippen LogP contribution in [0.25, 0.3) is 10.9 Å². The van der Waals surface area contributed by atoms with Crippen LogP contribution in [0.2, 0.25) is 0 Å². The van der Waals surface area contributed by atoms with Crippen molar-refractivity contribution in [1.82, 2.24) is 4.57 Å². The van der Waals surface area contributed by atoms with Crippen LogP contribution < -0.4 is 30.4 Å². The second kappa shape index (κ2) is 10.9. The first-order valence-electron chi connectivity index (χ1n) is 11.4. The maximum atomic E-state index is 13.5. The van der Waals surface area contributed by atoms with Gasteiger partial charge in [-0.15, -0.1) is 0 Å². The molecule has 0 fully saturated rings. The number of benzene rings is 3. The summed E-state index contributed by atoms with van der Waals surface area (Å²) < 4.78 is 17.3. The van der Waals surface area contributed by atoms with Gasteiger partial charge in [0.25, 0.3) is 5.56 Å². The van der Waals surface area contributed by atoms with E-state index in [1.165, 1.54) is 4.57 Å². The summed E-state index contributed by atoms with van der Waals surface area (Å²) in [4.78, 5) is 26.4. The van der Waals surface area contributed by atoms with Crippen molar-refractivity contribution in [3.63, 3.8) is 0 Å². The van der Waals surface area contributed by atoms with E-state index in [0.29, 0.717) is 34.0 Å². The molecule has 0 spiro atoms. The minimum absolute atomic E-state index is 0.116. The second-order valence-electron chi connectivity index (χ2n) is 8.32. The molecule has 186 valence electrons. The first-order valence-corrected chi connectivity index (χ1v) is 11.4. The molecule has 0 saturated heterocycles. The Kier molecular flexibility index (Phi) is 7.44. The van der Waals surface area contributed by atoms with Crippen LogP contribution in [0.5, 0.6) is 17.2 Å². The van der Waals surface area contributed by atoms with E-state index in [0.717, 1.165) is 16.6 Å². The summed E-state index contributed by atoms with van der Waals surface area (Å²) in [6.07, 6.45) is 0. The fourth-order valence-corrected chi connectivity index (χ4v) is 3.99. The Morgan fingerprint density at radius 1 is 0.833 bits per heavy atom. The molecule has 4 aromatic rings. The van der Waals surface area contributed by atoms with Crippen LogP contribution >= 0.6 is 0 Å². The van der Waals surface area contributed by atoms with E-state index in [2.05, 4.69) is 10.6 Å². The van der Waals surface area contributed by atoms with Crippen LogP contribution in [0.3, 0.4) is 0 Å². The van der Waals surface area contributed by atoms with Crippen molar-refractivity contribution in [1.29, 1.82) is 0 Å². The molecule has 1 heterocycles. The number of carbonyl (C=O) groups is 1. The summed E-state index contributed by atoms with van der Waals surface area (Å²) in [5.74, 6) is 1.61. The van der Waals surface area contributed by atoms with E-state index >= 15 is 0 Å². The van der Waals surface area contributed by atoms with Crippen LogP contribution in [0.1, 0.15) is 11.1 Å². The lowest BCUT2D eigenvalue weighted by molar-refractivity contribution is -0.116. The SMILES string of the molecule is COc1ccc(NC(=O)Cn2c(=O)c(CNc3ccc(OC)c(OC)c3)cc3ccc(C)cc32)cc1. The molecule has 8 nitrogen and oxygen atoms in total. The Balaban J connectivity index is 1.61. The van der Waals surface area contributed by atoms with Gasteiger partial charge in [-0.2, -0.15) is 0 Å². The van der Waals surface area contributed by atoms with Gasteiger partial charge in [0.1, 0.15) is 12.3 Å². The smallest absolute Gasteiger partial charge is 0.256 e. The van der Waals surface area contributed by atoms with Crippen molar-refractivity contribution < 1.29 is 19.0 Å². The molecule has 2 N–H and O–H groups in total. The molecule has 1 amide bonds. The molecule has 4 rings (SSSR count). The van der Waals surface area contributed by atoms with Gasteiger partial charge >= 0.3 is 0 Å². The number of hydrogen-bond donors (Lipinski definition) is 2. The summed E-state index contributed by atoms with van der Waals surface area (Å²) in [5.41, 5.74) is 3.42. The number of aryl methyl sites for hydroxylation is 1. The zero-order valence-corrected chi connectivity index (χ0v) is 20.8. The average molecular weight is 488 g/mol. The van der Waals surface area contributed by atoms with E-state index in [4.69, 9.17) is 14.2 Å². The second-order valence-corrected chi connectivity index (χ2v) is 8.32. The Hall–Kier alpha value is -4.46. The zero-order chi connectivity index (χ0) is 25.7. The van der Waals surface area contributed by atoms with Gasteiger partial charge < -0.3 is 24.8 Å². The lowest BCUT2D eigenvalue weighted by atomic mass is 10.1. The number of ether oxygens (including phenoxy) is 3. The van der Waals surface area contributed by atoms with Crippen molar-refractivity contribution in [3.05, 3.63) is 88.2 Å². The largest absolute Gasteiger partial charge is 0.497 e. The molecule has 0 unspecified atom stereocenters. The van der Waals surface area contributed by atoms with Crippen LogP contribution in [-0.4, -0.2) is 31.8 Å². The molecule has 0 saturated carbocycles. The Morgan fingerprint density at radius 3 is 2.25 bits per heavy atom. The maximum absolute atomic E-state index is 13.5. The van der Waals surface area contributed by atoms with Gasteiger partial charge in [0.05, 0.1) is 26.8 Å². The van der Waals surface area contributed by atoms with Gasteiger partial charge in [-0.3, -0.25) is 14.2 Å². The van der Waals surface area contributed by atoms with Crippen LogP contribution in [0.4, 0.5) is 11.4 Å². The maximum Gasteiger partial charge on any atom is 0.256 e. The Bertz CT molecular complexity index is 1440. The lowest BCUT2D eigenvalue weighted by Gasteiger charge is -2.15. The van der Waals surface area contributed by atoms with Crippen LogP contribution in [0.15, 0.2) is 71.5 Å². The molecule has 0 bridgehead atoms. The number of amides is 1. The highest BCUT2D eigenvalue weighted by atomic mass is 16.5. The fourth-order valence-electron chi connectivity index (χ4n) is 3.99. The third kappa shape index (κ3) is 5.43. The molecule has 0 radical (unpaired) electrons. The summed E-state index contributed by atoms with van der Waals surface area (Å²) in [7, 11) is 4.73. The third-order valence-electron chi connectivity index (χ3n) is 5.87. The van der Waals surface area contributed by atoms with E-state index in [1.807, 2.05) is 43.3 Å². The van der Waals surface area contributed by atoms with E-state index in [9.17, 15) is 9.59 Å². The van der Waals surface area contributed by atoms with Crippen molar-refractivity contribution in [2.45, 2.75) is 20.0 Å². The first kappa shape index (κ1) is 24.7. The normalized spacial score (nSPS) is 10.7. The minimum Gasteiger partial charge on any atom is -0.497 e. The topological polar surface area (TPSA) is 90.8 Å². The predicted molar refractivity (Wildman–Crippen MR) is 141 cm³/mol. The Labute approximate surface area is 209 Å². The summed E-state index contributed by atoms with van der Waals surface area (Å²) in [5, 5.41) is 7.00. The number of rotatable bonds is 9. The third-order valence-corrected chi connectivity index (χ3v) is 5.87. The number of hydrogen-bond acceptors (Lipinski definition) is 6. The number of fused-ring (bicyclic) bond motifs is 1. The van der Waals surface area contributed by atoms with Gasteiger partial charge in [0, 0.05) is 29.5 Å². The highest BCUT2D eigenvalue weighted by molar-refractivity contribution is 5.92. The number of nitrogens with one attached hydrogen (secondary N) is 2. The van der Waals surface area contributed by atoms with E-state index < -0.39 is 0 Å². The molecule has 1 aromatic heterocycles. The molecular formula is C28H29N3O5. The van der Waals surface area contributed by atoms with Gasteiger partial charge in [-0.1, -0.05) is 12.1 Å². The monoisotopic (exact) mass is 487 g/mol. The number of pyridine rings is 1. The molecule has 0 atom stereocenters. The predicted octanol–water partition coefficient (Wildman–Crippen LogP) is 4.59. The first-order chi connectivity index (χ1) is 17.4. The summed E-state index contributed by atoms with van der Waals surface area (Å²) in [6, 6.07) is 20.2. The standard InChI is InChI=1S/C28H29N3O5/c1-18-5-6-19-14-20(16-29-22-9-12-25(35-3)26(15-22)36-4)28(33)31(24(19)13-18)17-27(32)30-21-7-10-23(34-2)11-8-21/h5-15,29H,16-17H2,1-4H3,(H,30,32). The fraction of sp³-hybridized carbons (Fsp3) is 0.214. The number of anilines is 2. The number of aromatic nitrogens is 1. The molecule has 0 aliphatic rings. The minimum atomic E-state index is -0.296. The van der Waals surface area contributed by atoms with Crippen molar-refractivity contribution in [2.24, 2.45) is 0 Å². The molecule has 0 aliphatic carbocycles. The molecule has 36 heavy (non-hydrogen) atoms. The Morgan fingerprint density at radius 2 is 1.56 bits per heavy atom. The quantitative estimate of drug-likeness (QED) is 0.359. The van der Waals surface area contributed by atoms with Gasteiger partial charge in [0.2, 0.25) is 5.91 Å². The summed E-state index contributed by atoms with van der Waals surface area (Å²) in [6.45, 7) is 2.12. The van der Waals surface area contributed by atoms with Crippen molar-refractivity contribution in [3.8, 4) is 17.2 Å². The zero-order valence-electron chi connectivity index (χ0n) is 20.8. The molecule has 8 heteroatoms. The van der Waals surface area contributed by atoms with Crippen molar-refractivity contribution >= 4 is 28.2 Å².